The number of aromatic nitrogens is 2. The van der Waals surface area contributed by atoms with Crippen molar-refractivity contribution in [2.24, 2.45) is 0 Å². The molecule has 0 bridgehead atoms. The number of halogens is 6. The van der Waals surface area contributed by atoms with Gasteiger partial charge in [0.15, 0.2) is 16.9 Å². The quantitative estimate of drug-likeness (QED) is 0.124. The Hall–Kier alpha value is -5.33. The summed E-state index contributed by atoms with van der Waals surface area (Å²) >= 11 is 0. The smallest absolute Gasteiger partial charge is 0.417 e. The number of nitrogen functional groups attached to an aromatic ring is 2. The van der Waals surface area contributed by atoms with Crippen LogP contribution >= 0.6 is 0 Å². The maximum absolute atomic E-state index is 13.6. The van der Waals surface area contributed by atoms with Crippen molar-refractivity contribution in [3.05, 3.63) is 95.1 Å². The van der Waals surface area contributed by atoms with Crippen LogP contribution in [0.5, 0.6) is 0 Å². The second-order valence-electron chi connectivity index (χ2n) is 9.34. The largest absolute Gasteiger partial charge is 0.436 e. The second-order valence-corrected chi connectivity index (χ2v) is 9.34. The molecule has 0 aliphatic rings. The van der Waals surface area contributed by atoms with Crippen LogP contribution in [0.2, 0.25) is 0 Å². The molecule has 4 aromatic carbocycles. The van der Waals surface area contributed by atoms with Crippen molar-refractivity contribution >= 4 is 39.4 Å². The van der Waals surface area contributed by atoms with Crippen molar-refractivity contribution in [1.29, 1.82) is 0 Å². The van der Waals surface area contributed by atoms with Gasteiger partial charge in [-0.2, -0.15) is 26.3 Å². The van der Waals surface area contributed by atoms with E-state index in [9.17, 15) is 31.1 Å². The van der Waals surface area contributed by atoms with E-state index in [1.165, 1.54) is 36.4 Å². The van der Waals surface area contributed by atoms with E-state index in [0.29, 0.717) is 0 Å². The molecule has 212 valence electrons. The third kappa shape index (κ3) is 4.78. The normalized spacial score (nSPS) is 12.3. The van der Waals surface area contributed by atoms with Gasteiger partial charge in [-0.25, -0.2) is 9.97 Å². The van der Waals surface area contributed by atoms with Gasteiger partial charge in [0, 0.05) is 22.5 Å². The fourth-order valence-electron chi connectivity index (χ4n) is 4.50. The summed E-state index contributed by atoms with van der Waals surface area (Å²) in [6.07, 6.45) is -9.38. The highest BCUT2D eigenvalue weighted by molar-refractivity contribution is 6.11. The van der Waals surface area contributed by atoms with Crippen LogP contribution < -0.4 is 11.5 Å². The van der Waals surface area contributed by atoms with Crippen LogP contribution in [0.25, 0.3) is 45.1 Å². The molecule has 0 saturated heterocycles. The SMILES string of the molecule is Nc1ccc(C(F)(F)F)c(-c2nc3ccc(C(=O)c4ccc5nc(-c6cc(N)ccc6C(F)(F)F)oc5c4)cc3o2)c1. The van der Waals surface area contributed by atoms with Crippen molar-refractivity contribution in [2.45, 2.75) is 12.4 Å². The molecular formula is C29H16F6N4O3. The number of rotatable bonds is 4. The minimum absolute atomic E-state index is 0.0516. The van der Waals surface area contributed by atoms with E-state index >= 15 is 0 Å². The molecule has 7 nitrogen and oxygen atoms in total. The van der Waals surface area contributed by atoms with Gasteiger partial charge in [-0.3, -0.25) is 4.79 Å². The number of hydrogen-bond donors (Lipinski definition) is 2. The van der Waals surface area contributed by atoms with Crippen LogP contribution in [0.4, 0.5) is 37.7 Å². The summed E-state index contributed by atoms with van der Waals surface area (Å²) in [4.78, 5) is 21.6. The highest BCUT2D eigenvalue weighted by Gasteiger charge is 2.36. The lowest BCUT2D eigenvalue weighted by Gasteiger charge is -2.10. The monoisotopic (exact) mass is 582 g/mol. The van der Waals surface area contributed by atoms with Crippen molar-refractivity contribution in [1.82, 2.24) is 9.97 Å². The first kappa shape index (κ1) is 26.9. The number of oxazole rings is 2. The van der Waals surface area contributed by atoms with Gasteiger partial charge in [0.25, 0.3) is 0 Å². The van der Waals surface area contributed by atoms with E-state index in [2.05, 4.69) is 9.97 Å². The number of carbonyl (C=O) groups excluding carboxylic acids is 1. The number of ketones is 1. The first-order valence-corrected chi connectivity index (χ1v) is 12.1. The number of carbonyl (C=O) groups is 1. The van der Waals surface area contributed by atoms with Crippen LogP contribution in [0.1, 0.15) is 27.0 Å². The number of fused-ring (bicyclic) bond motifs is 2. The van der Waals surface area contributed by atoms with E-state index < -0.39 is 29.3 Å². The highest BCUT2D eigenvalue weighted by Crippen LogP contribution is 2.40. The summed E-state index contributed by atoms with van der Waals surface area (Å²) in [5.41, 5.74) is 9.59. The van der Waals surface area contributed by atoms with Gasteiger partial charge in [-0.15, -0.1) is 0 Å². The molecule has 0 aliphatic carbocycles. The van der Waals surface area contributed by atoms with Gasteiger partial charge in [-0.05, 0) is 72.8 Å². The van der Waals surface area contributed by atoms with Crippen molar-refractivity contribution in [2.75, 3.05) is 11.5 Å². The van der Waals surface area contributed by atoms with Gasteiger partial charge in [0.1, 0.15) is 11.0 Å². The number of hydrogen-bond acceptors (Lipinski definition) is 7. The minimum atomic E-state index is -4.69. The number of nitrogens with zero attached hydrogens (tertiary/aromatic N) is 2. The molecule has 6 rings (SSSR count). The number of benzene rings is 4. The zero-order valence-electron chi connectivity index (χ0n) is 21.0. The lowest BCUT2D eigenvalue weighted by molar-refractivity contribution is -0.138. The van der Waals surface area contributed by atoms with Gasteiger partial charge in [0.05, 0.1) is 22.3 Å². The van der Waals surface area contributed by atoms with Crippen LogP contribution in [-0.2, 0) is 12.4 Å². The maximum atomic E-state index is 13.6. The Morgan fingerprint density at radius 3 is 1.38 bits per heavy atom. The molecule has 0 fully saturated rings. The molecule has 0 aliphatic heterocycles. The predicted molar refractivity (Wildman–Crippen MR) is 141 cm³/mol. The first-order valence-electron chi connectivity index (χ1n) is 12.1. The average Bonchev–Trinajstić information content (AvgIpc) is 3.54. The minimum Gasteiger partial charge on any atom is -0.436 e. The molecule has 0 spiro atoms. The standard InChI is InChI=1S/C29H16F6N4O3/c30-28(31,32)19-5-3-15(36)11-17(19)26-38-21-7-1-13(9-23(21)41-26)25(40)14-2-8-22-24(10-14)42-27(39-22)18-12-16(37)4-6-20(18)29(33,34)35/h1-12H,36-37H2. The van der Waals surface area contributed by atoms with Gasteiger partial charge < -0.3 is 20.3 Å². The van der Waals surface area contributed by atoms with Crippen molar-refractivity contribution < 1.29 is 40.0 Å². The fraction of sp³-hybridized carbons (Fsp3) is 0.0690. The van der Waals surface area contributed by atoms with Crippen molar-refractivity contribution in [3.63, 3.8) is 0 Å². The molecule has 0 atom stereocenters. The topological polar surface area (TPSA) is 121 Å². The molecule has 2 heterocycles. The summed E-state index contributed by atoms with van der Waals surface area (Å²) < 4.78 is 92.5. The summed E-state index contributed by atoms with van der Waals surface area (Å²) in [6.45, 7) is 0. The van der Waals surface area contributed by atoms with Gasteiger partial charge >= 0.3 is 12.4 Å². The second kappa shape index (κ2) is 9.36. The highest BCUT2D eigenvalue weighted by atomic mass is 19.4. The molecule has 0 radical (unpaired) electrons. The number of anilines is 2. The third-order valence-corrected chi connectivity index (χ3v) is 6.46. The number of nitrogens with two attached hydrogens (primary N) is 2. The Morgan fingerprint density at radius 2 is 1.00 bits per heavy atom. The van der Waals surface area contributed by atoms with Crippen LogP contribution in [-0.4, -0.2) is 15.8 Å². The maximum Gasteiger partial charge on any atom is 0.417 e. The molecular weight excluding hydrogens is 566 g/mol. The fourth-order valence-corrected chi connectivity index (χ4v) is 4.50. The molecule has 13 heteroatoms. The van der Waals surface area contributed by atoms with E-state index in [1.54, 1.807) is 0 Å². The lowest BCUT2D eigenvalue weighted by atomic mass is 10.0. The zero-order valence-corrected chi connectivity index (χ0v) is 21.0. The Kier molecular flexibility index (Phi) is 5.99. The summed E-state index contributed by atoms with van der Waals surface area (Å²) in [7, 11) is 0. The Bertz CT molecular complexity index is 1880. The molecule has 6 aromatic rings. The van der Waals surface area contributed by atoms with E-state index in [0.717, 1.165) is 36.4 Å². The molecule has 0 unspecified atom stereocenters. The van der Waals surface area contributed by atoms with Gasteiger partial charge in [0.2, 0.25) is 11.8 Å². The predicted octanol–water partition coefficient (Wildman–Crippen LogP) is 7.74. The molecule has 4 N–H and O–H groups in total. The number of alkyl halides is 6. The Morgan fingerprint density at radius 1 is 0.595 bits per heavy atom. The van der Waals surface area contributed by atoms with Crippen LogP contribution in [0.15, 0.2) is 81.6 Å². The summed E-state index contributed by atoms with van der Waals surface area (Å²) in [5.74, 6) is -1.18. The molecule has 2 aromatic heterocycles. The van der Waals surface area contributed by atoms with Gasteiger partial charge in [-0.1, -0.05) is 0 Å². The van der Waals surface area contributed by atoms with E-state index in [4.69, 9.17) is 20.3 Å². The summed E-state index contributed by atoms with van der Waals surface area (Å²) in [5, 5.41) is 0. The molecule has 0 saturated carbocycles. The van der Waals surface area contributed by atoms with Crippen molar-refractivity contribution in [3.8, 4) is 22.9 Å². The molecule has 0 amide bonds. The van der Waals surface area contributed by atoms with E-state index in [-0.39, 0.29) is 67.6 Å². The Labute approximate surface area is 231 Å². The first-order chi connectivity index (χ1) is 19.8. The van der Waals surface area contributed by atoms with Crippen LogP contribution in [0, 0.1) is 0 Å². The Balaban J connectivity index is 1.36. The summed E-state index contributed by atoms with van der Waals surface area (Å²) in [6, 6.07) is 14.4. The lowest BCUT2D eigenvalue weighted by Crippen LogP contribution is -2.07. The third-order valence-electron chi connectivity index (χ3n) is 6.46. The average molecular weight is 582 g/mol. The van der Waals surface area contributed by atoms with Crippen LogP contribution in [0.3, 0.4) is 0 Å². The molecule has 42 heavy (non-hydrogen) atoms. The van der Waals surface area contributed by atoms with E-state index in [1.807, 2.05) is 0 Å². The zero-order chi connectivity index (χ0) is 30.0.